The molecule has 100 valence electrons. The van der Waals surface area contributed by atoms with Gasteiger partial charge in [0.15, 0.2) is 0 Å². The molecule has 2 N–H and O–H groups in total. The van der Waals surface area contributed by atoms with Crippen LogP contribution in [0.15, 0.2) is 23.6 Å². The molecule has 0 radical (unpaired) electrons. The number of hydrogen-bond acceptors (Lipinski definition) is 4. The van der Waals surface area contributed by atoms with Crippen molar-refractivity contribution in [2.24, 2.45) is 5.73 Å². The second-order valence-electron chi connectivity index (χ2n) is 4.92. The van der Waals surface area contributed by atoms with Crippen molar-refractivity contribution >= 4 is 17.2 Å². The van der Waals surface area contributed by atoms with Gasteiger partial charge in [-0.25, -0.2) is 4.98 Å². The van der Waals surface area contributed by atoms with E-state index in [4.69, 9.17) is 10.7 Å². The van der Waals surface area contributed by atoms with Crippen LogP contribution >= 0.6 is 11.3 Å². The molecule has 3 heterocycles. The number of anilines is 1. The highest BCUT2D eigenvalue weighted by Gasteiger charge is 2.18. The third-order valence-electron chi connectivity index (χ3n) is 3.65. The first kappa shape index (κ1) is 12.6. The van der Waals surface area contributed by atoms with Crippen LogP contribution in [0.2, 0.25) is 0 Å². The summed E-state index contributed by atoms with van der Waals surface area (Å²) >= 11 is 1.87. The van der Waals surface area contributed by atoms with Crippen molar-refractivity contribution in [1.82, 2.24) is 4.98 Å². The Hall–Kier alpha value is -1.39. The number of pyridine rings is 1. The van der Waals surface area contributed by atoms with Crippen LogP contribution in [-0.4, -0.2) is 11.5 Å². The van der Waals surface area contributed by atoms with E-state index in [-0.39, 0.29) is 0 Å². The minimum absolute atomic E-state index is 0.583. The normalized spacial score (nSPS) is 14.5. The fraction of sp³-hybridized carbons (Fsp3) is 0.400. The second kappa shape index (κ2) is 5.31. The Balaban J connectivity index is 1.90. The van der Waals surface area contributed by atoms with E-state index in [2.05, 4.69) is 35.4 Å². The lowest BCUT2D eigenvalue weighted by Crippen LogP contribution is -2.30. The molecular weight excluding hydrogens is 254 g/mol. The van der Waals surface area contributed by atoms with E-state index >= 15 is 0 Å². The average Bonchev–Trinajstić information content (AvgIpc) is 2.94. The molecular formula is C15H19N3S. The van der Waals surface area contributed by atoms with Gasteiger partial charge in [0.25, 0.3) is 0 Å². The van der Waals surface area contributed by atoms with Crippen LogP contribution in [0.5, 0.6) is 0 Å². The number of nitrogens with zero attached hydrogens (tertiary/aromatic N) is 2. The molecule has 3 rings (SSSR count). The molecule has 1 aliphatic heterocycles. The summed E-state index contributed by atoms with van der Waals surface area (Å²) in [5, 5.41) is 2.19. The van der Waals surface area contributed by atoms with Crippen molar-refractivity contribution in [2.75, 3.05) is 11.4 Å². The van der Waals surface area contributed by atoms with Crippen LogP contribution in [0.25, 0.3) is 0 Å². The molecule has 0 aliphatic carbocycles. The maximum atomic E-state index is 5.79. The Labute approximate surface area is 118 Å². The molecule has 2 aromatic rings. The fourth-order valence-electron chi connectivity index (χ4n) is 2.54. The Morgan fingerprint density at radius 3 is 3.11 bits per heavy atom. The number of rotatable bonds is 3. The molecule has 0 bridgehead atoms. The number of aryl methyl sites for hydroxylation is 1. The van der Waals surface area contributed by atoms with Crippen molar-refractivity contribution in [1.29, 1.82) is 0 Å². The van der Waals surface area contributed by atoms with E-state index in [1.54, 1.807) is 0 Å². The van der Waals surface area contributed by atoms with Crippen LogP contribution in [0.4, 0.5) is 5.82 Å². The third-order valence-corrected chi connectivity index (χ3v) is 4.68. The van der Waals surface area contributed by atoms with Crippen molar-refractivity contribution in [3.8, 4) is 0 Å². The van der Waals surface area contributed by atoms with Gasteiger partial charge in [0.2, 0.25) is 0 Å². The Bertz CT molecular complexity index is 554. The highest BCUT2D eigenvalue weighted by molar-refractivity contribution is 7.10. The van der Waals surface area contributed by atoms with Gasteiger partial charge in [-0.1, -0.05) is 6.92 Å². The summed E-state index contributed by atoms with van der Waals surface area (Å²) < 4.78 is 0. The van der Waals surface area contributed by atoms with Gasteiger partial charge in [-0.3, -0.25) is 0 Å². The molecule has 0 saturated carbocycles. The molecule has 0 amide bonds. The van der Waals surface area contributed by atoms with Crippen molar-refractivity contribution in [3.63, 3.8) is 0 Å². The molecule has 19 heavy (non-hydrogen) atoms. The lowest BCUT2D eigenvalue weighted by molar-refractivity contribution is 0.727. The van der Waals surface area contributed by atoms with Crippen LogP contribution < -0.4 is 10.6 Å². The standard InChI is InChI=1S/C15H19N3S/c1-2-13-7-11(9-16)8-15(17-13)18-5-3-14-12(10-18)4-6-19-14/h4,6-8H,2-3,5,9-10,16H2,1H3. The highest BCUT2D eigenvalue weighted by Crippen LogP contribution is 2.27. The first-order valence-corrected chi connectivity index (χ1v) is 7.68. The lowest BCUT2D eigenvalue weighted by atomic mass is 10.1. The zero-order valence-corrected chi connectivity index (χ0v) is 12.0. The lowest BCUT2D eigenvalue weighted by Gasteiger charge is -2.28. The van der Waals surface area contributed by atoms with Crippen LogP contribution in [0.1, 0.15) is 28.6 Å². The van der Waals surface area contributed by atoms with Gasteiger partial charge in [0.05, 0.1) is 0 Å². The van der Waals surface area contributed by atoms with Gasteiger partial charge < -0.3 is 10.6 Å². The zero-order chi connectivity index (χ0) is 13.2. The summed E-state index contributed by atoms with van der Waals surface area (Å²) in [5.74, 6) is 1.08. The Kier molecular flexibility index (Phi) is 3.53. The molecule has 0 spiro atoms. The summed E-state index contributed by atoms with van der Waals surface area (Å²) in [4.78, 5) is 8.65. The quantitative estimate of drug-likeness (QED) is 0.935. The van der Waals surface area contributed by atoms with E-state index in [9.17, 15) is 0 Å². The Morgan fingerprint density at radius 1 is 1.42 bits per heavy atom. The summed E-state index contributed by atoms with van der Waals surface area (Å²) in [7, 11) is 0. The van der Waals surface area contributed by atoms with E-state index in [0.29, 0.717) is 6.54 Å². The molecule has 0 fully saturated rings. The van der Waals surface area contributed by atoms with Gasteiger partial charge in [0, 0.05) is 30.2 Å². The number of hydrogen-bond donors (Lipinski definition) is 1. The topological polar surface area (TPSA) is 42.1 Å². The average molecular weight is 273 g/mol. The smallest absolute Gasteiger partial charge is 0.129 e. The number of fused-ring (bicyclic) bond motifs is 1. The van der Waals surface area contributed by atoms with E-state index in [1.807, 2.05) is 11.3 Å². The first-order valence-electron chi connectivity index (χ1n) is 6.80. The third kappa shape index (κ3) is 2.51. The zero-order valence-electron chi connectivity index (χ0n) is 11.2. The summed E-state index contributed by atoms with van der Waals surface area (Å²) in [6.45, 7) is 4.75. The SMILES string of the molecule is CCc1cc(CN)cc(N2CCc3sccc3C2)n1. The maximum Gasteiger partial charge on any atom is 0.129 e. The first-order chi connectivity index (χ1) is 9.30. The summed E-state index contributed by atoms with van der Waals surface area (Å²) in [5.41, 5.74) is 9.55. The van der Waals surface area contributed by atoms with Gasteiger partial charge in [0.1, 0.15) is 5.82 Å². The van der Waals surface area contributed by atoms with Gasteiger partial charge in [-0.2, -0.15) is 0 Å². The number of thiophene rings is 1. The molecule has 1 aliphatic rings. The van der Waals surface area contributed by atoms with Crippen LogP contribution in [-0.2, 0) is 25.9 Å². The fourth-order valence-corrected chi connectivity index (χ4v) is 3.43. The molecule has 0 atom stereocenters. The van der Waals surface area contributed by atoms with Crippen molar-refractivity contribution in [3.05, 3.63) is 45.3 Å². The predicted octanol–water partition coefficient (Wildman–Crippen LogP) is 2.73. The van der Waals surface area contributed by atoms with Gasteiger partial charge >= 0.3 is 0 Å². The molecule has 0 aromatic carbocycles. The second-order valence-corrected chi connectivity index (χ2v) is 5.92. The molecule has 0 saturated heterocycles. The summed E-state index contributed by atoms with van der Waals surface area (Å²) in [6.07, 6.45) is 2.08. The number of nitrogens with two attached hydrogens (primary N) is 1. The minimum atomic E-state index is 0.583. The molecule has 3 nitrogen and oxygen atoms in total. The largest absolute Gasteiger partial charge is 0.352 e. The van der Waals surface area contributed by atoms with Crippen molar-refractivity contribution < 1.29 is 0 Å². The van der Waals surface area contributed by atoms with E-state index in [0.717, 1.165) is 37.4 Å². The molecule has 0 unspecified atom stereocenters. The summed E-state index contributed by atoms with van der Waals surface area (Å²) in [6, 6.07) is 6.49. The van der Waals surface area contributed by atoms with E-state index < -0.39 is 0 Å². The van der Waals surface area contributed by atoms with Gasteiger partial charge in [-0.05, 0) is 47.5 Å². The predicted molar refractivity (Wildman–Crippen MR) is 80.6 cm³/mol. The number of aromatic nitrogens is 1. The Morgan fingerprint density at radius 2 is 2.32 bits per heavy atom. The van der Waals surface area contributed by atoms with Crippen LogP contribution in [0, 0.1) is 0 Å². The maximum absolute atomic E-state index is 5.79. The van der Waals surface area contributed by atoms with Crippen LogP contribution in [0.3, 0.4) is 0 Å². The highest BCUT2D eigenvalue weighted by atomic mass is 32.1. The molecule has 2 aromatic heterocycles. The van der Waals surface area contributed by atoms with Crippen molar-refractivity contribution in [2.45, 2.75) is 32.9 Å². The molecule has 4 heteroatoms. The van der Waals surface area contributed by atoms with E-state index in [1.165, 1.54) is 16.0 Å². The minimum Gasteiger partial charge on any atom is -0.352 e. The van der Waals surface area contributed by atoms with Gasteiger partial charge in [-0.15, -0.1) is 11.3 Å². The monoisotopic (exact) mass is 273 g/mol.